The number of carbonyl (C=O) groups excluding carboxylic acids is 1. The first kappa shape index (κ1) is 14.7. The van der Waals surface area contributed by atoms with Gasteiger partial charge in [0.25, 0.3) is 0 Å². The highest BCUT2D eigenvalue weighted by molar-refractivity contribution is 6.31. The van der Waals surface area contributed by atoms with E-state index < -0.39 is 11.7 Å². The molecule has 0 aliphatic heterocycles. The number of ketones is 1. The quantitative estimate of drug-likeness (QED) is 0.829. The lowest BCUT2D eigenvalue weighted by Crippen LogP contribution is -2.24. The van der Waals surface area contributed by atoms with E-state index in [1.165, 1.54) is 18.2 Å². The highest BCUT2D eigenvalue weighted by Gasteiger charge is 2.30. The van der Waals surface area contributed by atoms with E-state index >= 15 is 0 Å². The minimum atomic E-state index is -1.14. The number of halogens is 2. The minimum absolute atomic E-state index is 0.0147. The number of hydrogen-bond acceptors (Lipinski definition) is 2. The van der Waals surface area contributed by atoms with Crippen molar-refractivity contribution >= 4 is 17.4 Å². The zero-order chi connectivity index (χ0) is 13.9. The summed E-state index contributed by atoms with van der Waals surface area (Å²) in [5, 5.41) is 9.25. The molecular weight excluding hydrogens is 253 g/mol. The Morgan fingerprint density at radius 1 is 1.39 bits per heavy atom. The van der Waals surface area contributed by atoms with Gasteiger partial charge in [0.1, 0.15) is 11.7 Å². The van der Waals surface area contributed by atoms with Crippen LogP contribution in [-0.2, 0) is 4.79 Å². The molecule has 2 atom stereocenters. The SMILES string of the molecule is CC(C)C(C)C(=O)C(C#N)c1c(F)cccc1Cl. The summed E-state index contributed by atoms with van der Waals surface area (Å²) < 4.78 is 13.7. The molecule has 0 aliphatic carbocycles. The van der Waals surface area contributed by atoms with Gasteiger partial charge in [0.2, 0.25) is 0 Å². The van der Waals surface area contributed by atoms with Gasteiger partial charge in [-0.05, 0) is 18.1 Å². The van der Waals surface area contributed by atoms with E-state index in [0.29, 0.717) is 0 Å². The molecule has 1 rings (SSSR count). The van der Waals surface area contributed by atoms with Crippen LogP contribution in [0.2, 0.25) is 5.02 Å². The summed E-state index contributed by atoms with van der Waals surface area (Å²) in [6.07, 6.45) is 0. The van der Waals surface area contributed by atoms with Crippen molar-refractivity contribution < 1.29 is 9.18 Å². The van der Waals surface area contributed by atoms with Crippen LogP contribution in [0.5, 0.6) is 0 Å². The van der Waals surface area contributed by atoms with Crippen LogP contribution in [0.15, 0.2) is 18.2 Å². The summed E-state index contributed by atoms with van der Waals surface area (Å²) in [4.78, 5) is 12.2. The van der Waals surface area contributed by atoms with Gasteiger partial charge in [-0.3, -0.25) is 4.79 Å². The van der Waals surface area contributed by atoms with E-state index in [1.807, 2.05) is 19.9 Å². The minimum Gasteiger partial charge on any atom is -0.298 e. The molecule has 2 unspecified atom stereocenters. The molecule has 0 aliphatic rings. The average Bonchev–Trinajstić information content (AvgIpc) is 2.32. The number of nitriles is 1. The Hall–Kier alpha value is -1.40. The van der Waals surface area contributed by atoms with E-state index in [1.54, 1.807) is 6.92 Å². The van der Waals surface area contributed by atoms with Gasteiger partial charge in [-0.2, -0.15) is 5.26 Å². The van der Waals surface area contributed by atoms with E-state index in [0.717, 1.165) is 0 Å². The number of carbonyl (C=O) groups is 1. The third-order valence-electron chi connectivity index (χ3n) is 3.15. The van der Waals surface area contributed by atoms with Crippen LogP contribution in [0.3, 0.4) is 0 Å². The molecule has 0 radical (unpaired) electrons. The third kappa shape index (κ3) is 2.88. The van der Waals surface area contributed by atoms with Crippen LogP contribution in [-0.4, -0.2) is 5.78 Å². The molecule has 1 aromatic carbocycles. The van der Waals surface area contributed by atoms with Crippen molar-refractivity contribution in [2.75, 3.05) is 0 Å². The summed E-state index contributed by atoms with van der Waals surface area (Å²) in [6, 6.07) is 6.00. The molecule has 0 saturated carbocycles. The second-order valence-corrected chi connectivity index (χ2v) is 5.04. The highest BCUT2D eigenvalue weighted by Crippen LogP contribution is 2.30. The maximum absolute atomic E-state index is 13.7. The first-order valence-electron chi connectivity index (χ1n) is 5.77. The molecule has 0 saturated heterocycles. The Labute approximate surface area is 111 Å². The van der Waals surface area contributed by atoms with Crippen LogP contribution < -0.4 is 0 Å². The smallest absolute Gasteiger partial charge is 0.157 e. The van der Waals surface area contributed by atoms with Crippen LogP contribution >= 0.6 is 11.6 Å². The number of Topliss-reactive ketones (excluding diaryl/α,β-unsaturated/α-hetero) is 1. The van der Waals surface area contributed by atoms with Gasteiger partial charge in [0, 0.05) is 16.5 Å². The van der Waals surface area contributed by atoms with Crippen LogP contribution in [0, 0.1) is 29.0 Å². The van der Waals surface area contributed by atoms with Crippen molar-refractivity contribution in [3.05, 3.63) is 34.6 Å². The van der Waals surface area contributed by atoms with Crippen molar-refractivity contribution in [2.24, 2.45) is 11.8 Å². The molecule has 0 amide bonds. The summed E-state index contributed by atoms with van der Waals surface area (Å²) in [7, 11) is 0. The Morgan fingerprint density at radius 3 is 2.44 bits per heavy atom. The summed E-state index contributed by atoms with van der Waals surface area (Å²) >= 11 is 5.89. The molecule has 96 valence electrons. The zero-order valence-electron chi connectivity index (χ0n) is 10.6. The lowest BCUT2D eigenvalue weighted by atomic mass is 9.83. The molecule has 0 spiro atoms. The van der Waals surface area contributed by atoms with Gasteiger partial charge in [-0.25, -0.2) is 4.39 Å². The average molecular weight is 268 g/mol. The van der Waals surface area contributed by atoms with Crippen molar-refractivity contribution in [3.8, 4) is 6.07 Å². The zero-order valence-corrected chi connectivity index (χ0v) is 11.3. The number of rotatable bonds is 4. The summed E-state index contributed by atoms with van der Waals surface area (Å²) in [5.74, 6) is -2.27. The largest absolute Gasteiger partial charge is 0.298 e. The molecule has 0 N–H and O–H groups in total. The van der Waals surface area contributed by atoms with Gasteiger partial charge in [0.05, 0.1) is 6.07 Å². The molecule has 18 heavy (non-hydrogen) atoms. The standard InChI is InChI=1S/C14H15ClFNO/c1-8(2)9(3)14(18)10(7-17)13-11(15)5-4-6-12(13)16/h4-6,8-10H,1-3H3. The fraction of sp³-hybridized carbons (Fsp3) is 0.429. The maximum atomic E-state index is 13.7. The molecule has 0 bridgehead atoms. The van der Waals surface area contributed by atoms with Crippen LogP contribution in [0.1, 0.15) is 32.3 Å². The predicted molar refractivity (Wildman–Crippen MR) is 68.8 cm³/mol. The topological polar surface area (TPSA) is 40.9 Å². The monoisotopic (exact) mass is 267 g/mol. The lowest BCUT2D eigenvalue weighted by Gasteiger charge is -2.18. The van der Waals surface area contributed by atoms with Crippen molar-refractivity contribution in [1.82, 2.24) is 0 Å². The van der Waals surface area contributed by atoms with Crippen LogP contribution in [0.25, 0.3) is 0 Å². The molecule has 1 aromatic rings. The van der Waals surface area contributed by atoms with Gasteiger partial charge >= 0.3 is 0 Å². The molecule has 4 heteroatoms. The van der Waals surface area contributed by atoms with E-state index in [2.05, 4.69) is 0 Å². The van der Waals surface area contributed by atoms with Crippen molar-refractivity contribution in [3.63, 3.8) is 0 Å². The summed E-state index contributed by atoms with van der Waals surface area (Å²) in [6.45, 7) is 5.52. The van der Waals surface area contributed by atoms with Gasteiger partial charge < -0.3 is 0 Å². The van der Waals surface area contributed by atoms with E-state index in [4.69, 9.17) is 16.9 Å². The maximum Gasteiger partial charge on any atom is 0.157 e. The fourth-order valence-electron chi connectivity index (χ4n) is 1.65. The van der Waals surface area contributed by atoms with E-state index in [9.17, 15) is 9.18 Å². The third-order valence-corrected chi connectivity index (χ3v) is 3.48. The van der Waals surface area contributed by atoms with Gasteiger partial charge in [0.15, 0.2) is 5.78 Å². The second kappa shape index (κ2) is 5.97. The lowest BCUT2D eigenvalue weighted by molar-refractivity contribution is -0.123. The predicted octanol–water partition coefficient (Wildman–Crippen LogP) is 3.95. The van der Waals surface area contributed by atoms with Crippen molar-refractivity contribution in [2.45, 2.75) is 26.7 Å². The normalized spacial score (nSPS) is 14.1. The number of nitrogens with zero attached hydrogens (tertiary/aromatic N) is 1. The molecule has 0 fully saturated rings. The Morgan fingerprint density at radius 2 is 2.00 bits per heavy atom. The second-order valence-electron chi connectivity index (χ2n) is 4.63. The first-order chi connectivity index (χ1) is 8.40. The Kier molecular flexibility index (Phi) is 4.86. The summed E-state index contributed by atoms with van der Waals surface area (Å²) in [5.41, 5.74) is -0.0147. The first-order valence-corrected chi connectivity index (χ1v) is 6.15. The Balaban J connectivity index is 3.20. The molecular formula is C14H15ClFNO. The molecule has 2 nitrogen and oxygen atoms in total. The number of hydrogen-bond donors (Lipinski definition) is 0. The highest BCUT2D eigenvalue weighted by atomic mass is 35.5. The van der Waals surface area contributed by atoms with Crippen molar-refractivity contribution in [1.29, 1.82) is 5.26 Å². The molecule has 0 heterocycles. The fourth-order valence-corrected chi connectivity index (χ4v) is 1.92. The Bertz CT molecular complexity index is 473. The van der Waals surface area contributed by atoms with Crippen LogP contribution in [0.4, 0.5) is 4.39 Å². The number of benzene rings is 1. The van der Waals surface area contributed by atoms with Gasteiger partial charge in [-0.1, -0.05) is 38.4 Å². The molecule has 0 aromatic heterocycles. The van der Waals surface area contributed by atoms with Gasteiger partial charge in [-0.15, -0.1) is 0 Å². The van der Waals surface area contributed by atoms with E-state index in [-0.39, 0.29) is 28.2 Å².